The van der Waals surface area contributed by atoms with Crippen molar-refractivity contribution in [3.8, 4) is 0 Å². The van der Waals surface area contributed by atoms with Crippen molar-refractivity contribution in [3.05, 3.63) is 21.9 Å². The molecule has 1 aromatic heterocycles. The van der Waals surface area contributed by atoms with Crippen LogP contribution in [0.5, 0.6) is 0 Å². The highest BCUT2D eigenvalue weighted by Crippen LogP contribution is 2.35. The zero-order valence-electron chi connectivity index (χ0n) is 12.6. The Labute approximate surface area is 125 Å². The number of hydrogen-bond donors (Lipinski definition) is 2. The van der Waals surface area contributed by atoms with E-state index in [4.69, 9.17) is 0 Å². The molecule has 0 aliphatic heterocycles. The van der Waals surface area contributed by atoms with Gasteiger partial charge in [-0.05, 0) is 48.1 Å². The molecule has 1 aliphatic rings. The molecule has 4 heteroatoms. The van der Waals surface area contributed by atoms with Crippen LogP contribution in [-0.4, -0.2) is 23.7 Å². The maximum absolute atomic E-state index is 12.3. The predicted molar refractivity (Wildman–Crippen MR) is 83.1 cm³/mol. The van der Waals surface area contributed by atoms with Crippen molar-refractivity contribution in [2.75, 3.05) is 6.54 Å². The summed E-state index contributed by atoms with van der Waals surface area (Å²) in [5, 5.41) is 15.0. The molecule has 0 fully saturated rings. The lowest BCUT2D eigenvalue weighted by Crippen LogP contribution is -2.37. The van der Waals surface area contributed by atoms with Gasteiger partial charge < -0.3 is 10.4 Å². The van der Waals surface area contributed by atoms with Crippen LogP contribution >= 0.6 is 11.3 Å². The van der Waals surface area contributed by atoms with Crippen LogP contribution in [0.15, 0.2) is 11.4 Å². The lowest BCUT2D eigenvalue weighted by atomic mass is 9.86. The quantitative estimate of drug-likeness (QED) is 0.897. The summed E-state index contributed by atoms with van der Waals surface area (Å²) in [5.41, 5.74) is 1.28. The first kappa shape index (κ1) is 15.5. The molecule has 0 aromatic carbocycles. The summed E-state index contributed by atoms with van der Waals surface area (Å²) in [6.07, 6.45) is 3.33. The molecule has 1 heterocycles. The second kappa shape index (κ2) is 6.27. The van der Waals surface area contributed by atoms with Crippen LogP contribution in [0.25, 0.3) is 0 Å². The number of fused-ring (bicyclic) bond motifs is 1. The molecule has 1 aliphatic carbocycles. The van der Waals surface area contributed by atoms with E-state index >= 15 is 0 Å². The summed E-state index contributed by atoms with van der Waals surface area (Å²) >= 11 is 1.75. The molecule has 2 rings (SSSR count). The molecule has 0 bridgehead atoms. The fraction of sp³-hybridized carbons (Fsp3) is 0.688. The van der Waals surface area contributed by atoms with Gasteiger partial charge in [0, 0.05) is 11.4 Å². The SMILES string of the molecule is CC(C)(C)CC(O)CNC(=O)C1CCCc2sccc21. The Balaban J connectivity index is 1.88. The fourth-order valence-corrected chi connectivity index (χ4v) is 3.87. The Kier molecular flexibility index (Phi) is 4.86. The van der Waals surface area contributed by atoms with Crippen LogP contribution in [-0.2, 0) is 11.2 Å². The number of carbonyl (C=O) groups is 1. The van der Waals surface area contributed by atoms with Crippen LogP contribution in [0.4, 0.5) is 0 Å². The largest absolute Gasteiger partial charge is 0.391 e. The van der Waals surface area contributed by atoms with Crippen molar-refractivity contribution in [2.45, 2.75) is 58.5 Å². The summed E-state index contributed by atoms with van der Waals surface area (Å²) < 4.78 is 0. The molecular formula is C16H25NO2S. The zero-order valence-corrected chi connectivity index (χ0v) is 13.4. The van der Waals surface area contributed by atoms with Crippen LogP contribution in [0.3, 0.4) is 0 Å². The van der Waals surface area contributed by atoms with Crippen molar-refractivity contribution < 1.29 is 9.90 Å². The lowest BCUT2D eigenvalue weighted by Gasteiger charge is -2.25. The van der Waals surface area contributed by atoms with Crippen molar-refractivity contribution in [3.63, 3.8) is 0 Å². The predicted octanol–water partition coefficient (Wildman–Crippen LogP) is 3.08. The number of thiophene rings is 1. The molecule has 0 spiro atoms. The van der Waals surface area contributed by atoms with Crippen molar-refractivity contribution in [2.24, 2.45) is 5.41 Å². The van der Waals surface area contributed by atoms with E-state index in [0.29, 0.717) is 13.0 Å². The molecule has 112 valence electrons. The summed E-state index contributed by atoms with van der Waals surface area (Å²) in [4.78, 5) is 13.7. The van der Waals surface area contributed by atoms with E-state index in [9.17, 15) is 9.90 Å². The van der Waals surface area contributed by atoms with Gasteiger partial charge in [-0.2, -0.15) is 0 Å². The normalized spacial score (nSPS) is 20.3. The maximum atomic E-state index is 12.3. The van der Waals surface area contributed by atoms with Crippen molar-refractivity contribution in [1.82, 2.24) is 5.32 Å². The molecule has 2 unspecified atom stereocenters. The smallest absolute Gasteiger partial charge is 0.227 e. The highest BCUT2D eigenvalue weighted by Gasteiger charge is 2.27. The summed E-state index contributed by atoms with van der Waals surface area (Å²) in [7, 11) is 0. The van der Waals surface area contributed by atoms with Crippen molar-refractivity contribution in [1.29, 1.82) is 0 Å². The van der Waals surface area contributed by atoms with Crippen molar-refractivity contribution >= 4 is 17.2 Å². The molecule has 0 radical (unpaired) electrons. The van der Waals surface area contributed by atoms with Gasteiger partial charge in [-0.1, -0.05) is 20.8 Å². The molecule has 2 N–H and O–H groups in total. The number of aliphatic hydroxyl groups excluding tert-OH is 1. The van der Waals surface area contributed by atoms with Gasteiger partial charge in [0.25, 0.3) is 0 Å². The molecule has 2 atom stereocenters. The third-order valence-corrected chi connectivity index (χ3v) is 4.72. The summed E-state index contributed by atoms with van der Waals surface area (Å²) in [6, 6.07) is 2.08. The first-order chi connectivity index (χ1) is 9.37. The van der Waals surface area contributed by atoms with E-state index in [1.54, 1.807) is 11.3 Å². The van der Waals surface area contributed by atoms with Gasteiger partial charge in [0.15, 0.2) is 0 Å². The second-order valence-corrected chi connectivity index (χ2v) is 7.91. The first-order valence-electron chi connectivity index (χ1n) is 7.39. The van der Waals surface area contributed by atoms with Crippen LogP contribution in [0.1, 0.15) is 56.4 Å². The number of hydrogen-bond acceptors (Lipinski definition) is 3. The van der Waals surface area contributed by atoms with Gasteiger partial charge in [0.1, 0.15) is 0 Å². The molecule has 3 nitrogen and oxygen atoms in total. The Bertz CT molecular complexity index is 461. The number of aryl methyl sites for hydroxylation is 1. The van der Waals surface area contributed by atoms with Crippen LogP contribution in [0, 0.1) is 5.41 Å². The Hall–Kier alpha value is -0.870. The average molecular weight is 295 g/mol. The molecule has 20 heavy (non-hydrogen) atoms. The molecular weight excluding hydrogens is 270 g/mol. The summed E-state index contributed by atoms with van der Waals surface area (Å²) in [5.74, 6) is 0.0455. The van der Waals surface area contributed by atoms with Gasteiger partial charge >= 0.3 is 0 Å². The highest BCUT2D eigenvalue weighted by molar-refractivity contribution is 7.10. The average Bonchev–Trinajstić information content (AvgIpc) is 2.81. The fourth-order valence-electron chi connectivity index (χ4n) is 2.88. The second-order valence-electron chi connectivity index (χ2n) is 6.91. The monoisotopic (exact) mass is 295 g/mol. The van der Waals surface area contributed by atoms with E-state index in [2.05, 4.69) is 37.5 Å². The number of nitrogens with one attached hydrogen (secondary N) is 1. The Morgan fingerprint density at radius 2 is 2.30 bits per heavy atom. The third kappa shape index (κ3) is 4.06. The van der Waals surface area contributed by atoms with Gasteiger partial charge in [0.2, 0.25) is 5.91 Å². The molecule has 0 saturated heterocycles. The summed E-state index contributed by atoms with van der Waals surface area (Å²) in [6.45, 7) is 6.64. The first-order valence-corrected chi connectivity index (χ1v) is 8.27. The van der Waals surface area contributed by atoms with Gasteiger partial charge in [-0.25, -0.2) is 0 Å². The van der Waals surface area contributed by atoms with E-state index < -0.39 is 6.10 Å². The van der Waals surface area contributed by atoms with E-state index in [-0.39, 0.29) is 17.2 Å². The van der Waals surface area contributed by atoms with Crippen LogP contribution in [0.2, 0.25) is 0 Å². The zero-order chi connectivity index (χ0) is 14.8. The van der Waals surface area contributed by atoms with Gasteiger partial charge in [0.05, 0.1) is 12.0 Å². The number of aliphatic hydroxyl groups is 1. The molecule has 1 amide bonds. The topological polar surface area (TPSA) is 49.3 Å². The van der Waals surface area contributed by atoms with Gasteiger partial charge in [-0.3, -0.25) is 4.79 Å². The molecule has 1 aromatic rings. The number of rotatable bonds is 4. The van der Waals surface area contributed by atoms with E-state index in [1.165, 1.54) is 10.4 Å². The molecule has 0 saturated carbocycles. The standard InChI is InChI=1S/C16H25NO2S/c1-16(2,3)9-11(18)10-17-15(19)13-5-4-6-14-12(13)7-8-20-14/h7-8,11,13,18H,4-6,9-10H2,1-3H3,(H,17,19). The highest BCUT2D eigenvalue weighted by atomic mass is 32.1. The van der Waals surface area contributed by atoms with E-state index in [1.807, 2.05) is 0 Å². The Morgan fingerprint density at radius 3 is 3.00 bits per heavy atom. The minimum absolute atomic E-state index is 0.0214. The minimum atomic E-state index is -0.468. The minimum Gasteiger partial charge on any atom is -0.391 e. The third-order valence-electron chi connectivity index (χ3n) is 3.73. The Morgan fingerprint density at radius 1 is 1.55 bits per heavy atom. The number of amides is 1. The maximum Gasteiger partial charge on any atom is 0.227 e. The lowest BCUT2D eigenvalue weighted by molar-refractivity contribution is -0.123. The van der Waals surface area contributed by atoms with Gasteiger partial charge in [-0.15, -0.1) is 11.3 Å². The number of carbonyl (C=O) groups excluding carboxylic acids is 1. The van der Waals surface area contributed by atoms with E-state index in [0.717, 1.165) is 19.3 Å². The van der Waals surface area contributed by atoms with Crippen LogP contribution < -0.4 is 5.32 Å².